The zero-order valence-electron chi connectivity index (χ0n) is 9.75. The van der Waals surface area contributed by atoms with E-state index in [1.54, 1.807) is 0 Å². The van der Waals surface area contributed by atoms with E-state index in [9.17, 15) is 0 Å². The van der Waals surface area contributed by atoms with Crippen molar-refractivity contribution in [1.82, 2.24) is 4.98 Å². The number of thiazole rings is 1. The van der Waals surface area contributed by atoms with Crippen LogP contribution in [0.15, 0.2) is 0 Å². The van der Waals surface area contributed by atoms with Gasteiger partial charge in [-0.15, -0.1) is 11.3 Å². The van der Waals surface area contributed by atoms with E-state index in [2.05, 4.69) is 25.8 Å². The van der Waals surface area contributed by atoms with Crippen LogP contribution in [0.3, 0.4) is 0 Å². The van der Waals surface area contributed by atoms with Gasteiger partial charge in [0.25, 0.3) is 0 Å². The van der Waals surface area contributed by atoms with Gasteiger partial charge in [-0.1, -0.05) is 13.8 Å². The highest BCUT2D eigenvalue weighted by Gasteiger charge is 2.06. The highest BCUT2D eigenvalue weighted by atomic mass is 32.2. The molecule has 0 aromatic carbocycles. The maximum Gasteiger partial charge on any atom is 0.103 e. The summed E-state index contributed by atoms with van der Waals surface area (Å²) in [6.07, 6.45) is 0.971. The first-order chi connectivity index (χ1) is 7.13. The Kier molecular flexibility index (Phi) is 5.64. The number of thioether (sulfide) groups is 1. The molecule has 0 aliphatic heterocycles. The molecular weight excluding hydrogens is 224 g/mol. The second kappa shape index (κ2) is 6.51. The topological polar surface area (TPSA) is 38.9 Å². The second-order valence-corrected chi connectivity index (χ2v) is 6.26. The van der Waals surface area contributed by atoms with Crippen LogP contribution in [0, 0.1) is 12.8 Å². The minimum Gasteiger partial charge on any atom is -0.330 e. The average molecular weight is 244 g/mol. The molecule has 0 atom stereocenters. The summed E-state index contributed by atoms with van der Waals surface area (Å²) >= 11 is 3.80. The number of rotatable bonds is 6. The van der Waals surface area contributed by atoms with Crippen LogP contribution in [-0.4, -0.2) is 17.3 Å². The van der Waals surface area contributed by atoms with Gasteiger partial charge in [0.2, 0.25) is 0 Å². The predicted molar refractivity (Wildman–Crippen MR) is 70.6 cm³/mol. The molecule has 2 N–H and O–H groups in total. The number of nitrogens with zero attached hydrogens (tertiary/aromatic N) is 1. The van der Waals surface area contributed by atoms with Crippen molar-refractivity contribution >= 4 is 23.1 Å². The number of aryl methyl sites for hydroxylation is 1. The Balaban J connectivity index is 2.44. The van der Waals surface area contributed by atoms with Crippen LogP contribution in [0.2, 0.25) is 0 Å². The Bertz CT molecular complexity index is 295. The molecule has 0 saturated heterocycles. The summed E-state index contributed by atoms with van der Waals surface area (Å²) in [5.41, 5.74) is 6.72. The van der Waals surface area contributed by atoms with E-state index in [-0.39, 0.29) is 0 Å². The lowest BCUT2D eigenvalue weighted by Crippen LogP contribution is -2.01. The van der Waals surface area contributed by atoms with Crippen LogP contribution in [-0.2, 0) is 12.2 Å². The molecule has 0 radical (unpaired) electrons. The average Bonchev–Trinajstić information content (AvgIpc) is 2.47. The van der Waals surface area contributed by atoms with Crippen molar-refractivity contribution in [3.63, 3.8) is 0 Å². The number of aromatic nitrogens is 1. The molecule has 0 fully saturated rings. The Labute approximate surface area is 101 Å². The van der Waals surface area contributed by atoms with Gasteiger partial charge in [0.05, 0.1) is 5.69 Å². The maximum absolute atomic E-state index is 5.55. The van der Waals surface area contributed by atoms with Gasteiger partial charge in [-0.05, 0) is 31.6 Å². The fourth-order valence-corrected chi connectivity index (χ4v) is 3.49. The fraction of sp³-hybridized carbons (Fsp3) is 0.727. The van der Waals surface area contributed by atoms with Gasteiger partial charge >= 0.3 is 0 Å². The van der Waals surface area contributed by atoms with E-state index in [0.717, 1.165) is 24.6 Å². The monoisotopic (exact) mass is 244 g/mol. The Morgan fingerprint density at radius 3 is 2.80 bits per heavy atom. The molecule has 1 rings (SSSR count). The Hall–Kier alpha value is -0.0600. The molecule has 4 heteroatoms. The fourth-order valence-electron chi connectivity index (χ4n) is 1.29. The van der Waals surface area contributed by atoms with Crippen molar-refractivity contribution in [2.24, 2.45) is 11.7 Å². The lowest BCUT2D eigenvalue weighted by molar-refractivity contribution is 0.750. The maximum atomic E-state index is 5.55. The zero-order valence-corrected chi connectivity index (χ0v) is 11.4. The molecule has 0 aliphatic rings. The smallest absolute Gasteiger partial charge is 0.103 e. The van der Waals surface area contributed by atoms with Crippen molar-refractivity contribution in [3.8, 4) is 0 Å². The van der Waals surface area contributed by atoms with Crippen molar-refractivity contribution < 1.29 is 0 Å². The summed E-state index contributed by atoms with van der Waals surface area (Å²) in [6, 6.07) is 0. The van der Waals surface area contributed by atoms with Crippen molar-refractivity contribution in [2.75, 3.05) is 12.3 Å². The van der Waals surface area contributed by atoms with E-state index >= 15 is 0 Å². The largest absolute Gasteiger partial charge is 0.330 e. The van der Waals surface area contributed by atoms with Gasteiger partial charge in [0, 0.05) is 10.6 Å². The van der Waals surface area contributed by atoms with E-state index in [0.29, 0.717) is 0 Å². The van der Waals surface area contributed by atoms with Gasteiger partial charge in [0.1, 0.15) is 5.01 Å². The molecular formula is C11H20N2S2. The third-order valence-corrected chi connectivity index (χ3v) is 4.76. The highest BCUT2D eigenvalue weighted by molar-refractivity contribution is 7.98. The van der Waals surface area contributed by atoms with Gasteiger partial charge < -0.3 is 5.73 Å². The summed E-state index contributed by atoms with van der Waals surface area (Å²) in [7, 11) is 0. The molecule has 0 amide bonds. The molecule has 1 aromatic rings. The molecule has 0 aliphatic carbocycles. The van der Waals surface area contributed by atoms with Crippen LogP contribution in [0.25, 0.3) is 0 Å². The molecule has 0 bridgehead atoms. The van der Waals surface area contributed by atoms with Gasteiger partial charge in [-0.2, -0.15) is 11.8 Å². The van der Waals surface area contributed by atoms with Crippen molar-refractivity contribution in [2.45, 2.75) is 32.9 Å². The van der Waals surface area contributed by atoms with Crippen LogP contribution in [0.1, 0.15) is 29.4 Å². The summed E-state index contributed by atoms with van der Waals surface area (Å²) in [4.78, 5) is 5.93. The third kappa shape index (κ3) is 4.53. The van der Waals surface area contributed by atoms with Crippen LogP contribution in [0.5, 0.6) is 0 Å². The SMILES string of the molecule is Cc1nc(CSCC(C)C)sc1CCN. The summed E-state index contributed by atoms with van der Waals surface area (Å²) in [5.74, 6) is 3.03. The summed E-state index contributed by atoms with van der Waals surface area (Å²) in [6.45, 7) is 7.31. The first-order valence-electron chi connectivity index (χ1n) is 5.36. The van der Waals surface area contributed by atoms with Crippen LogP contribution < -0.4 is 5.73 Å². The Morgan fingerprint density at radius 1 is 1.47 bits per heavy atom. The molecule has 0 unspecified atom stereocenters. The lowest BCUT2D eigenvalue weighted by Gasteiger charge is -2.01. The first-order valence-corrected chi connectivity index (χ1v) is 7.33. The Morgan fingerprint density at radius 2 is 2.20 bits per heavy atom. The second-order valence-electron chi connectivity index (χ2n) is 4.06. The van der Waals surface area contributed by atoms with Gasteiger partial charge in [-0.25, -0.2) is 4.98 Å². The molecule has 15 heavy (non-hydrogen) atoms. The molecule has 1 heterocycles. The van der Waals surface area contributed by atoms with Crippen LogP contribution in [0.4, 0.5) is 0 Å². The minimum atomic E-state index is 0.724. The normalized spacial score (nSPS) is 11.3. The molecule has 2 nitrogen and oxygen atoms in total. The van der Waals surface area contributed by atoms with E-state index in [1.807, 2.05) is 23.1 Å². The van der Waals surface area contributed by atoms with Crippen molar-refractivity contribution in [1.29, 1.82) is 0 Å². The van der Waals surface area contributed by atoms with E-state index in [1.165, 1.54) is 21.3 Å². The summed E-state index contributed by atoms with van der Waals surface area (Å²) in [5, 5.41) is 1.25. The van der Waals surface area contributed by atoms with Gasteiger partial charge in [-0.3, -0.25) is 0 Å². The van der Waals surface area contributed by atoms with Crippen molar-refractivity contribution in [3.05, 3.63) is 15.6 Å². The predicted octanol–water partition coefficient (Wildman–Crippen LogP) is 2.84. The molecule has 86 valence electrons. The quantitative estimate of drug-likeness (QED) is 0.836. The highest BCUT2D eigenvalue weighted by Crippen LogP contribution is 2.23. The summed E-state index contributed by atoms with van der Waals surface area (Å²) < 4.78 is 0. The zero-order chi connectivity index (χ0) is 11.3. The van der Waals surface area contributed by atoms with E-state index < -0.39 is 0 Å². The molecule has 0 spiro atoms. The standard InChI is InChI=1S/C11H20N2S2/c1-8(2)6-14-7-11-13-9(3)10(15-11)4-5-12/h8H,4-7,12H2,1-3H3. The van der Waals surface area contributed by atoms with E-state index in [4.69, 9.17) is 5.73 Å². The first kappa shape index (κ1) is 13.0. The number of hydrogen-bond acceptors (Lipinski definition) is 4. The number of nitrogens with two attached hydrogens (primary N) is 1. The molecule has 1 aromatic heterocycles. The lowest BCUT2D eigenvalue weighted by atomic mass is 10.3. The third-order valence-electron chi connectivity index (χ3n) is 1.99. The minimum absolute atomic E-state index is 0.724. The van der Waals surface area contributed by atoms with Crippen LogP contribution >= 0.6 is 23.1 Å². The van der Waals surface area contributed by atoms with Gasteiger partial charge in [0.15, 0.2) is 0 Å². The number of hydrogen-bond donors (Lipinski definition) is 1. The molecule has 0 saturated carbocycles.